The largest absolute Gasteiger partial charge is 0.494 e. The van der Waals surface area contributed by atoms with Crippen molar-refractivity contribution < 1.29 is 14.3 Å². The van der Waals surface area contributed by atoms with Crippen molar-refractivity contribution in [3.8, 4) is 5.75 Å². The monoisotopic (exact) mass is 313 g/mol. The van der Waals surface area contributed by atoms with Gasteiger partial charge in [0, 0.05) is 12.1 Å². The Morgan fingerprint density at radius 3 is 2.52 bits per heavy atom. The van der Waals surface area contributed by atoms with E-state index in [0.717, 1.165) is 23.4 Å². The molecule has 2 aromatic carbocycles. The van der Waals surface area contributed by atoms with E-state index >= 15 is 0 Å². The van der Waals surface area contributed by atoms with Gasteiger partial charge in [0.05, 0.1) is 13.2 Å². The van der Waals surface area contributed by atoms with Gasteiger partial charge in [-0.1, -0.05) is 29.8 Å². The number of benzene rings is 2. The number of anilines is 1. The first-order chi connectivity index (χ1) is 11.1. The van der Waals surface area contributed by atoms with E-state index in [-0.39, 0.29) is 12.5 Å². The highest BCUT2D eigenvalue weighted by atomic mass is 16.5. The molecule has 0 aliphatic carbocycles. The molecule has 4 heteroatoms. The Morgan fingerprint density at radius 1 is 1.00 bits per heavy atom. The van der Waals surface area contributed by atoms with Crippen molar-refractivity contribution in [1.29, 1.82) is 0 Å². The van der Waals surface area contributed by atoms with Crippen LogP contribution >= 0.6 is 0 Å². The number of carbonyl (C=O) groups is 1. The van der Waals surface area contributed by atoms with Crippen LogP contribution in [0.15, 0.2) is 48.5 Å². The minimum atomic E-state index is -0.143. The van der Waals surface area contributed by atoms with Crippen molar-refractivity contribution in [2.75, 3.05) is 25.1 Å². The second kappa shape index (κ2) is 8.96. The Kier molecular flexibility index (Phi) is 6.63. The summed E-state index contributed by atoms with van der Waals surface area (Å²) in [6, 6.07) is 15.6. The molecule has 0 unspecified atom stereocenters. The number of nitrogens with one attached hydrogen (secondary N) is 1. The van der Waals surface area contributed by atoms with Crippen LogP contribution in [0.4, 0.5) is 5.69 Å². The molecule has 2 aromatic rings. The van der Waals surface area contributed by atoms with Gasteiger partial charge in [0.15, 0.2) is 0 Å². The number of carbonyl (C=O) groups excluding carboxylic acids is 1. The fraction of sp³-hybridized carbons (Fsp3) is 0.316. The van der Waals surface area contributed by atoms with Crippen molar-refractivity contribution in [3.05, 3.63) is 59.7 Å². The lowest BCUT2D eigenvalue weighted by atomic mass is 10.2. The lowest BCUT2D eigenvalue weighted by molar-refractivity contribution is -0.120. The van der Waals surface area contributed by atoms with Crippen molar-refractivity contribution in [2.24, 2.45) is 0 Å². The first kappa shape index (κ1) is 17.0. The molecule has 0 radical (unpaired) electrons. The Bertz CT molecular complexity index is 623. The topological polar surface area (TPSA) is 47.6 Å². The van der Waals surface area contributed by atoms with Crippen molar-refractivity contribution in [1.82, 2.24) is 0 Å². The maximum Gasteiger partial charge on any atom is 0.250 e. The van der Waals surface area contributed by atoms with Gasteiger partial charge in [-0.15, -0.1) is 0 Å². The zero-order chi connectivity index (χ0) is 16.5. The molecular formula is C19H23NO3. The minimum absolute atomic E-state index is 0.0540. The molecule has 2 rings (SSSR count). The normalized spacial score (nSPS) is 10.3. The van der Waals surface area contributed by atoms with Gasteiger partial charge in [0.2, 0.25) is 5.91 Å². The zero-order valence-corrected chi connectivity index (χ0v) is 13.7. The predicted octanol–water partition coefficient (Wildman–Crippen LogP) is 3.73. The van der Waals surface area contributed by atoms with Gasteiger partial charge in [-0.05, 0) is 43.7 Å². The molecule has 23 heavy (non-hydrogen) atoms. The maximum absolute atomic E-state index is 11.7. The molecule has 1 amide bonds. The number of amides is 1. The maximum atomic E-state index is 11.7. The number of aryl methyl sites for hydroxylation is 2. The average molecular weight is 313 g/mol. The molecule has 0 aliphatic rings. The van der Waals surface area contributed by atoms with Crippen LogP contribution in [-0.4, -0.2) is 25.7 Å². The van der Waals surface area contributed by atoms with Gasteiger partial charge in [-0.2, -0.15) is 0 Å². The Balaban J connectivity index is 1.56. The molecule has 0 spiro atoms. The van der Waals surface area contributed by atoms with Crippen LogP contribution in [0.5, 0.6) is 5.75 Å². The summed E-state index contributed by atoms with van der Waals surface area (Å²) in [7, 11) is 0. The van der Waals surface area contributed by atoms with E-state index in [9.17, 15) is 4.79 Å². The van der Waals surface area contributed by atoms with Gasteiger partial charge in [0.1, 0.15) is 12.4 Å². The van der Waals surface area contributed by atoms with Crippen molar-refractivity contribution in [2.45, 2.75) is 20.3 Å². The summed E-state index contributed by atoms with van der Waals surface area (Å²) in [6.45, 7) is 5.15. The predicted molar refractivity (Wildman–Crippen MR) is 91.9 cm³/mol. The van der Waals surface area contributed by atoms with Crippen LogP contribution in [0.25, 0.3) is 0 Å². The lowest BCUT2D eigenvalue weighted by Crippen LogP contribution is -2.19. The molecular weight excluding hydrogens is 290 g/mol. The fourth-order valence-corrected chi connectivity index (χ4v) is 2.07. The van der Waals surface area contributed by atoms with Gasteiger partial charge in [-0.3, -0.25) is 4.79 Å². The third kappa shape index (κ3) is 6.53. The van der Waals surface area contributed by atoms with E-state index in [1.165, 1.54) is 5.56 Å². The standard InChI is InChI=1S/C19H23NO3/c1-15-7-9-18(10-8-15)23-12-4-11-22-14-19(21)20-17-6-3-5-16(2)13-17/h3,5-10,13H,4,11-12,14H2,1-2H3,(H,20,21). The van der Waals surface area contributed by atoms with Gasteiger partial charge >= 0.3 is 0 Å². The first-order valence-corrected chi connectivity index (χ1v) is 7.77. The Morgan fingerprint density at radius 2 is 1.78 bits per heavy atom. The van der Waals surface area contributed by atoms with E-state index in [4.69, 9.17) is 9.47 Å². The Labute approximate surface area is 137 Å². The van der Waals surface area contributed by atoms with Crippen LogP contribution in [0, 0.1) is 13.8 Å². The second-order valence-electron chi connectivity index (χ2n) is 5.49. The number of hydrogen-bond acceptors (Lipinski definition) is 3. The zero-order valence-electron chi connectivity index (χ0n) is 13.7. The highest BCUT2D eigenvalue weighted by molar-refractivity contribution is 5.91. The summed E-state index contributed by atoms with van der Waals surface area (Å²) in [5, 5.41) is 2.81. The van der Waals surface area contributed by atoms with E-state index in [0.29, 0.717) is 13.2 Å². The summed E-state index contributed by atoms with van der Waals surface area (Å²) in [5.74, 6) is 0.711. The van der Waals surface area contributed by atoms with E-state index in [2.05, 4.69) is 5.32 Å². The second-order valence-corrected chi connectivity index (χ2v) is 5.49. The molecule has 0 saturated carbocycles. The molecule has 0 saturated heterocycles. The van der Waals surface area contributed by atoms with E-state index in [1.807, 2.05) is 62.4 Å². The van der Waals surface area contributed by atoms with Crippen molar-refractivity contribution >= 4 is 11.6 Å². The Hall–Kier alpha value is -2.33. The summed E-state index contributed by atoms with van der Waals surface area (Å²) in [5.41, 5.74) is 3.11. The molecule has 1 N–H and O–H groups in total. The molecule has 0 bridgehead atoms. The third-order valence-electron chi connectivity index (χ3n) is 3.26. The molecule has 0 aromatic heterocycles. The number of ether oxygens (including phenoxy) is 2. The van der Waals surface area contributed by atoms with Gasteiger partial charge < -0.3 is 14.8 Å². The van der Waals surface area contributed by atoms with Crippen LogP contribution in [0.1, 0.15) is 17.5 Å². The quantitative estimate of drug-likeness (QED) is 0.755. The van der Waals surface area contributed by atoms with Crippen molar-refractivity contribution in [3.63, 3.8) is 0 Å². The molecule has 122 valence electrons. The lowest BCUT2D eigenvalue weighted by Gasteiger charge is -2.08. The SMILES string of the molecule is Cc1ccc(OCCCOCC(=O)Nc2cccc(C)c2)cc1. The average Bonchev–Trinajstić information content (AvgIpc) is 2.52. The summed E-state index contributed by atoms with van der Waals surface area (Å²) < 4.78 is 11.0. The third-order valence-corrected chi connectivity index (χ3v) is 3.26. The van der Waals surface area contributed by atoms with Crippen LogP contribution in [0.2, 0.25) is 0 Å². The smallest absolute Gasteiger partial charge is 0.250 e. The fourth-order valence-electron chi connectivity index (χ4n) is 2.07. The first-order valence-electron chi connectivity index (χ1n) is 7.77. The molecule has 0 fully saturated rings. The summed E-state index contributed by atoms with van der Waals surface area (Å²) in [6.07, 6.45) is 0.742. The molecule has 0 heterocycles. The highest BCUT2D eigenvalue weighted by Gasteiger charge is 2.02. The minimum Gasteiger partial charge on any atom is -0.494 e. The number of hydrogen-bond donors (Lipinski definition) is 1. The van der Waals surface area contributed by atoms with Crippen LogP contribution in [-0.2, 0) is 9.53 Å². The van der Waals surface area contributed by atoms with Crippen LogP contribution < -0.4 is 10.1 Å². The summed E-state index contributed by atoms with van der Waals surface area (Å²) >= 11 is 0. The number of rotatable bonds is 8. The molecule has 0 atom stereocenters. The van der Waals surface area contributed by atoms with E-state index < -0.39 is 0 Å². The highest BCUT2D eigenvalue weighted by Crippen LogP contribution is 2.11. The van der Waals surface area contributed by atoms with Gasteiger partial charge in [-0.25, -0.2) is 0 Å². The molecule has 4 nitrogen and oxygen atoms in total. The van der Waals surface area contributed by atoms with E-state index in [1.54, 1.807) is 0 Å². The summed E-state index contributed by atoms with van der Waals surface area (Å²) in [4.78, 5) is 11.7. The molecule has 0 aliphatic heterocycles. The van der Waals surface area contributed by atoms with Crippen LogP contribution in [0.3, 0.4) is 0 Å². The van der Waals surface area contributed by atoms with Gasteiger partial charge in [0.25, 0.3) is 0 Å².